The molecule has 2 rings (SSSR count). The molecule has 1 fully saturated rings. The highest BCUT2D eigenvalue weighted by molar-refractivity contribution is 6.29. The first-order valence-corrected chi connectivity index (χ1v) is 6.61. The van der Waals surface area contributed by atoms with Gasteiger partial charge in [-0.25, -0.2) is 4.98 Å². The molecule has 0 aliphatic carbocycles. The summed E-state index contributed by atoms with van der Waals surface area (Å²) >= 11 is 5.98. The second-order valence-corrected chi connectivity index (χ2v) is 5.40. The third-order valence-corrected chi connectivity index (χ3v) is 3.32. The molecule has 1 aliphatic rings. The van der Waals surface area contributed by atoms with Crippen LogP contribution in [0, 0.1) is 0 Å². The number of methoxy groups -OCH3 is 1. The van der Waals surface area contributed by atoms with Crippen LogP contribution in [0.15, 0.2) is 12.1 Å². The van der Waals surface area contributed by atoms with Crippen LogP contribution >= 0.6 is 11.6 Å². The van der Waals surface area contributed by atoms with Gasteiger partial charge in [-0.3, -0.25) is 0 Å². The van der Waals surface area contributed by atoms with Crippen molar-refractivity contribution >= 4 is 11.6 Å². The lowest BCUT2D eigenvalue weighted by molar-refractivity contribution is -0.165. The van der Waals surface area contributed by atoms with Crippen molar-refractivity contribution in [3.8, 4) is 5.75 Å². The van der Waals surface area contributed by atoms with Crippen molar-refractivity contribution in [2.24, 2.45) is 0 Å². The molecule has 0 bridgehead atoms. The fourth-order valence-electron chi connectivity index (χ4n) is 2.02. The largest absolute Gasteiger partial charge is 0.488 e. The summed E-state index contributed by atoms with van der Waals surface area (Å²) in [5, 5.41) is 18.8. The molecule has 2 heterocycles. The van der Waals surface area contributed by atoms with Gasteiger partial charge in [0.2, 0.25) is 0 Å². The summed E-state index contributed by atoms with van der Waals surface area (Å²) in [7, 11) is 1.59. The van der Waals surface area contributed by atoms with Crippen LogP contribution in [-0.4, -0.2) is 47.9 Å². The molecule has 1 aliphatic heterocycles. The van der Waals surface area contributed by atoms with Crippen molar-refractivity contribution in [1.82, 2.24) is 4.98 Å². The Balaban J connectivity index is 2.24. The number of aliphatic hydroxyl groups is 2. The van der Waals surface area contributed by atoms with Gasteiger partial charge in [-0.05, 0) is 6.92 Å². The summed E-state index contributed by atoms with van der Waals surface area (Å²) in [6, 6.07) is 3.19. The maximum atomic E-state index is 9.26. The first-order valence-electron chi connectivity index (χ1n) is 6.23. The quantitative estimate of drug-likeness (QED) is 0.626. The third kappa shape index (κ3) is 3.59. The number of rotatable bonds is 5. The Morgan fingerprint density at radius 1 is 1.50 bits per heavy atom. The van der Waals surface area contributed by atoms with E-state index < -0.39 is 11.4 Å². The van der Waals surface area contributed by atoms with E-state index in [0.717, 1.165) is 0 Å². The minimum Gasteiger partial charge on any atom is -0.488 e. The topological polar surface area (TPSA) is 81.0 Å². The van der Waals surface area contributed by atoms with Crippen molar-refractivity contribution in [2.45, 2.75) is 24.7 Å². The van der Waals surface area contributed by atoms with Crippen LogP contribution in [0.4, 0.5) is 0 Å². The van der Waals surface area contributed by atoms with Crippen molar-refractivity contribution in [1.29, 1.82) is 0 Å². The average molecular weight is 304 g/mol. The molecule has 0 unspecified atom stereocenters. The van der Waals surface area contributed by atoms with Crippen molar-refractivity contribution in [2.75, 3.05) is 26.9 Å². The Kier molecular flexibility index (Phi) is 4.51. The number of halogens is 1. The summed E-state index contributed by atoms with van der Waals surface area (Å²) in [6.45, 7) is 1.94. The van der Waals surface area contributed by atoms with Crippen LogP contribution in [0.1, 0.15) is 19.0 Å². The van der Waals surface area contributed by atoms with Gasteiger partial charge in [0.05, 0.1) is 12.3 Å². The summed E-state index contributed by atoms with van der Waals surface area (Å²) < 4.78 is 16.2. The summed E-state index contributed by atoms with van der Waals surface area (Å²) in [4.78, 5) is 4.26. The van der Waals surface area contributed by atoms with E-state index in [1.54, 1.807) is 13.2 Å². The van der Waals surface area contributed by atoms with Crippen LogP contribution < -0.4 is 4.74 Å². The Morgan fingerprint density at radius 2 is 2.25 bits per heavy atom. The van der Waals surface area contributed by atoms with E-state index in [1.807, 2.05) is 0 Å². The van der Waals surface area contributed by atoms with E-state index in [9.17, 15) is 10.2 Å². The predicted molar refractivity (Wildman–Crippen MR) is 71.7 cm³/mol. The van der Waals surface area contributed by atoms with Gasteiger partial charge >= 0.3 is 0 Å². The van der Waals surface area contributed by atoms with E-state index in [0.29, 0.717) is 31.1 Å². The SMILES string of the molecule is CO[C@@]1(c2cc(OCC(C)(O)O)cc(Cl)n2)CCOC1. The van der Waals surface area contributed by atoms with Crippen LogP contribution in [0.3, 0.4) is 0 Å². The van der Waals surface area contributed by atoms with Gasteiger partial charge in [-0.15, -0.1) is 0 Å². The van der Waals surface area contributed by atoms with Crippen LogP contribution in [0.2, 0.25) is 5.15 Å². The predicted octanol–water partition coefficient (Wildman–Crippen LogP) is 1.08. The molecule has 7 heteroatoms. The van der Waals surface area contributed by atoms with Crippen LogP contribution in [0.5, 0.6) is 5.75 Å². The Morgan fingerprint density at radius 3 is 2.80 bits per heavy atom. The van der Waals surface area contributed by atoms with E-state index in [2.05, 4.69) is 4.98 Å². The standard InChI is InChI=1S/C13H18ClNO5/c1-12(16,17)7-20-9-5-10(15-11(14)6-9)13(18-2)3-4-19-8-13/h5-6,16-17H,3-4,7-8H2,1-2H3/t13-/m0/s1. The number of aromatic nitrogens is 1. The molecular formula is C13H18ClNO5. The number of hydrogen-bond acceptors (Lipinski definition) is 6. The smallest absolute Gasteiger partial charge is 0.194 e. The average Bonchev–Trinajstić information content (AvgIpc) is 2.85. The van der Waals surface area contributed by atoms with Gasteiger partial charge in [-0.2, -0.15) is 0 Å². The zero-order valence-corrected chi connectivity index (χ0v) is 12.2. The lowest BCUT2D eigenvalue weighted by Crippen LogP contribution is -2.32. The lowest BCUT2D eigenvalue weighted by atomic mass is 9.98. The molecule has 1 aromatic heterocycles. The zero-order chi connectivity index (χ0) is 14.8. The second kappa shape index (κ2) is 5.83. The maximum Gasteiger partial charge on any atom is 0.194 e. The van der Waals surface area contributed by atoms with Crippen LogP contribution in [0.25, 0.3) is 0 Å². The Hall–Kier alpha value is -0.920. The van der Waals surface area contributed by atoms with E-state index in [4.69, 9.17) is 25.8 Å². The highest BCUT2D eigenvalue weighted by Gasteiger charge is 2.39. The van der Waals surface area contributed by atoms with E-state index in [1.165, 1.54) is 13.0 Å². The molecule has 6 nitrogen and oxygen atoms in total. The normalized spacial score (nSPS) is 23.1. The first kappa shape index (κ1) is 15.5. The van der Waals surface area contributed by atoms with Gasteiger partial charge < -0.3 is 24.4 Å². The lowest BCUT2D eigenvalue weighted by Gasteiger charge is -2.26. The molecule has 0 amide bonds. The molecule has 2 N–H and O–H groups in total. The molecule has 1 atom stereocenters. The summed E-state index contributed by atoms with van der Waals surface area (Å²) in [5.74, 6) is -1.51. The van der Waals surface area contributed by atoms with Gasteiger partial charge in [-0.1, -0.05) is 11.6 Å². The summed E-state index contributed by atoms with van der Waals surface area (Å²) in [5.41, 5.74) is -0.0253. The molecule has 0 spiro atoms. The van der Waals surface area contributed by atoms with Gasteiger partial charge in [0.15, 0.2) is 5.79 Å². The van der Waals surface area contributed by atoms with E-state index >= 15 is 0 Å². The minimum atomic E-state index is -1.91. The molecule has 1 saturated heterocycles. The second-order valence-electron chi connectivity index (χ2n) is 5.02. The number of nitrogens with zero attached hydrogens (tertiary/aromatic N) is 1. The third-order valence-electron chi connectivity index (χ3n) is 3.12. The number of pyridine rings is 1. The fraction of sp³-hybridized carbons (Fsp3) is 0.615. The highest BCUT2D eigenvalue weighted by Crippen LogP contribution is 2.35. The minimum absolute atomic E-state index is 0.249. The zero-order valence-electron chi connectivity index (χ0n) is 11.4. The number of hydrogen-bond donors (Lipinski definition) is 2. The molecule has 0 radical (unpaired) electrons. The molecule has 0 aromatic carbocycles. The molecular weight excluding hydrogens is 286 g/mol. The highest BCUT2D eigenvalue weighted by atomic mass is 35.5. The van der Waals surface area contributed by atoms with Crippen molar-refractivity contribution in [3.63, 3.8) is 0 Å². The summed E-state index contributed by atoms with van der Waals surface area (Å²) in [6.07, 6.45) is 0.675. The van der Waals surface area contributed by atoms with Crippen LogP contribution in [-0.2, 0) is 15.1 Å². The molecule has 112 valence electrons. The molecule has 0 saturated carbocycles. The van der Waals surface area contributed by atoms with Gasteiger partial charge in [0, 0.05) is 32.3 Å². The first-order chi connectivity index (χ1) is 9.35. The fourth-order valence-corrected chi connectivity index (χ4v) is 2.22. The van der Waals surface area contributed by atoms with Gasteiger partial charge in [0.1, 0.15) is 23.1 Å². The van der Waals surface area contributed by atoms with Crippen molar-refractivity contribution in [3.05, 3.63) is 23.0 Å². The Labute approximate surface area is 122 Å². The molecule has 1 aromatic rings. The monoisotopic (exact) mass is 303 g/mol. The van der Waals surface area contributed by atoms with Gasteiger partial charge in [0.25, 0.3) is 0 Å². The maximum absolute atomic E-state index is 9.26. The number of ether oxygens (including phenoxy) is 3. The molecule has 20 heavy (non-hydrogen) atoms. The Bertz CT molecular complexity index is 468. The van der Waals surface area contributed by atoms with E-state index in [-0.39, 0.29) is 11.8 Å². The van der Waals surface area contributed by atoms with Crippen molar-refractivity contribution < 1.29 is 24.4 Å².